The molecule has 2 saturated heterocycles. The van der Waals surface area contributed by atoms with E-state index in [1.807, 2.05) is 11.0 Å². The molecule has 3 heterocycles. The normalized spacial score (nSPS) is 24.6. The van der Waals surface area contributed by atoms with Gasteiger partial charge in [0.1, 0.15) is 6.07 Å². The zero-order chi connectivity index (χ0) is 21.1. The van der Waals surface area contributed by atoms with Crippen molar-refractivity contribution in [3.8, 4) is 6.07 Å². The fraction of sp³-hybridized carbons (Fsp3) is 0.500. The first-order chi connectivity index (χ1) is 14.6. The van der Waals surface area contributed by atoms with E-state index in [0.717, 1.165) is 43.4 Å². The SMILES string of the molecule is N#Cc1ccc(N2C[C@H](C(=O)NC3CCCNCC3)[C@@H](C(F)F)C2)c2cccnc12. The maximum Gasteiger partial charge on any atom is 0.243 e. The Kier molecular flexibility index (Phi) is 6.09. The number of anilines is 1. The zero-order valence-electron chi connectivity index (χ0n) is 16.7. The molecule has 30 heavy (non-hydrogen) atoms. The number of rotatable bonds is 4. The summed E-state index contributed by atoms with van der Waals surface area (Å²) in [4.78, 5) is 19.1. The Morgan fingerprint density at radius 3 is 2.93 bits per heavy atom. The van der Waals surface area contributed by atoms with E-state index >= 15 is 0 Å². The van der Waals surface area contributed by atoms with Crippen LogP contribution < -0.4 is 15.5 Å². The number of amides is 1. The first kappa shape index (κ1) is 20.5. The third kappa shape index (κ3) is 4.08. The van der Waals surface area contributed by atoms with Gasteiger partial charge in [0.15, 0.2) is 0 Å². The van der Waals surface area contributed by atoms with Crippen LogP contribution in [0.15, 0.2) is 30.5 Å². The van der Waals surface area contributed by atoms with Crippen LogP contribution in [-0.2, 0) is 4.79 Å². The summed E-state index contributed by atoms with van der Waals surface area (Å²) < 4.78 is 27.7. The minimum absolute atomic E-state index is 0.0276. The Bertz CT molecular complexity index is 952. The molecule has 0 spiro atoms. The molecule has 1 aromatic heterocycles. The minimum Gasteiger partial charge on any atom is -0.370 e. The van der Waals surface area contributed by atoms with Gasteiger partial charge in [0.2, 0.25) is 12.3 Å². The van der Waals surface area contributed by atoms with Crippen molar-refractivity contribution in [2.75, 3.05) is 31.1 Å². The number of nitriles is 1. The molecule has 0 saturated carbocycles. The second-order valence-electron chi connectivity index (χ2n) is 8.04. The van der Waals surface area contributed by atoms with Gasteiger partial charge in [-0.25, -0.2) is 8.78 Å². The van der Waals surface area contributed by atoms with E-state index in [4.69, 9.17) is 0 Å². The molecule has 3 atom stereocenters. The number of halogens is 2. The van der Waals surface area contributed by atoms with Gasteiger partial charge in [0.05, 0.1) is 22.9 Å². The van der Waals surface area contributed by atoms with Gasteiger partial charge in [0, 0.05) is 36.4 Å². The van der Waals surface area contributed by atoms with E-state index in [2.05, 4.69) is 21.7 Å². The smallest absolute Gasteiger partial charge is 0.243 e. The Labute approximate surface area is 174 Å². The third-order valence-corrected chi connectivity index (χ3v) is 6.16. The molecule has 2 aliphatic rings. The monoisotopic (exact) mass is 413 g/mol. The predicted octanol–water partition coefficient (Wildman–Crippen LogP) is 2.68. The van der Waals surface area contributed by atoms with E-state index < -0.39 is 18.3 Å². The highest BCUT2D eigenvalue weighted by molar-refractivity contribution is 5.95. The number of nitrogens with one attached hydrogen (secondary N) is 2. The van der Waals surface area contributed by atoms with Crippen molar-refractivity contribution in [2.45, 2.75) is 31.7 Å². The first-order valence-corrected chi connectivity index (χ1v) is 10.4. The average Bonchev–Trinajstić information content (AvgIpc) is 3.05. The van der Waals surface area contributed by atoms with Gasteiger partial charge in [-0.1, -0.05) is 0 Å². The largest absolute Gasteiger partial charge is 0.370 e. The van der Waals surface area contributed by atoms with Crippen LogP contribution in [0.4, 0.5) is 14.5 Å². The molecule has 1 unspecified atom stereocenters. The first-order valence-electron chi connectivity index (χ1n) is 10.4. The van der Waals surface area contributed by atoms with Crippen LogP contribution >= 0.6 is 0 Å². The van der Waals surface area contributed by atoms with Gasteiger partial charge in [0.25, 0.3) is 0 Å². The van der Waals surface area contributed by atoms with E-state index in [1.54, 1.807) is 24.4 Å². The number of alkyl halides is 2. The summed E-state index contributed by atoms with van der Waals surface area (Å²) in [5, 5.41) is 16.4. The molecule has 0 aliphatic carbocycles. The van der Waals surface area contributed by atoms with Crippen molar-refractivity contribution < 1.29 is 13.6 Å². The Morgan fingerprint density at radius 1 is 1.27 bits per heavy atom. The molecule has 0 radical (unpaired) electrons. The Hall–Kier alpha value is -2.79. The van der Waals surface area contributed by atoms with Crippen LogP contribution in [-0.4, -0.2) is 49.5 Å². The minimum atomic E-state index is -2.58. The number of hydrogen-bond acceptors (Lipinski definition) is 5. The van der Waals surface area contributed by atoms with Gasteiger partial charge in [-0.3, -0.25) is 9.78 Å². The van der Waals surface area contributed by atoms with Crippen molar-refractivity contribution in [2.24, 2.45) is 11.8 Å². The van der Waals surface area contributed by atoms with Gasteiger partial charge < -0.3 is 15.5 Å². The third-order valence-electron chi connectivity index (χ3n) is 6.16. The van der Waals surface area contributed by atoms with Crippen LogP contribution in [0, 0.1) is 23.2 Å². The van der Waals surface area contributed by atoms with Crippen molar-refractivity contribution >= 4 is 22.5 Å². The number of nitrogens with zero attached hydrogens (tertiary/aromatic N) is 3. The summed E-state index contributed by atoms with van der Waals surface area (Å²) in [6.07, 6.45) is 1.67. The van der Waals surface area contributed by atoms with Gasteiger partial charge >= 0.3 is 0 Å². The molecule has 2 N–H and O–H groups in total. The second-order valence-corrected chi connectivity index (χ2v) is 8.04. The second kappa shape index (κ2) is 8.92. The number of carbonyl (C=O) groups is 1. The lowest BCUT2D eigenvalue weighted by Crippen LogP contribution is -2.42. The summed E-state index contributed by atoms with van der Waals surface area (Å²) in [5.74, 6) is -2.09. The summed E-state index contributed by atoms with van der Waals surface area (Å²) in [6, 6.07) is 9.17. The number of pyridine rings is 1. The standard InChI is InChI=1S/C22H25F2N5O/c23-21(24)17-12-29(13-18(17)22(30)28-15-3-1-8-26-10-7-15)19-6-5-14(11-25)20-16(19)4-2-9-27-20/h2,4-6,9,15,17-18,21,26H,1,3,7-8,10,12-13H2,(H,28,30)/t15?,17-,18-/m0/s1. The summed E-state index contributed by atoms with van der Waals surface area (Å²) in [7, 11) is 0. The van der Waals surface area contributed by atoms with Crippen LogP contribution in [0.1, 0.15) is 24.8 Å². The molecule has 1 aromatic carbocycles. The van der Waals surface area contributed by atoms with Crippen LogP contribution in [0.25, 0.3) is 10.9 Å². The van der Waals surface area contributed by atoms with E-state index in [-0.39, 0.29) is 25.0 Å². The lowest BCUT2D eigenvalue weighted by Gasteiger charge is -2.22. The maximum absolute atomic E-state index is 13.8. The van der Waals surface area contributed by atoms with Crippen molar-refractivity contribution in [3.05, 3.63) is 36.0 Å². The number of fused-ring (bicyclic) bond motifs is 1. The van der Waals surface area contributed by atoms with E-state index in [1.165, 1.54) is 0 Å². The van der Waals surface area contributed by atoms with Crippen molar-refractivity contribution in [1.29, 1.82) is 5.26 Å². The molecule has 158 valence electrons. The molecule has 1 amide bonds. The lowest BCUT2D eigenvalue weighted by atomic mass is 9.95. The molecule has 6 nitrogen and oxygen atoms in total. The fourth-order valence-corrected chi connectivity index (χ4v) is 4.55. The van der Waals surface area contributed by atoms with Crippen LogP contribution in [0.3, 0.4) is 0 Å². The molecular formula is C22H25F2N5O. The fourth-order valence-electron chi connectivity index (χ4n) is 4.55. The highest BCUT2D eigenvalue weighted by Crippen LogP contribution is 2.36. The quantitative estimate of drug-likeness (QED) is 0.806. The number of benzene rings is 1. The molecule has 2 aromatic rings. The van der Waals surface area contributed by atoms with E-state index in [9.17, 15) is 18.8 Å². The average molecular weight is 413 g/mol. The lowest BCUT2D eigenvalue weighted by molar-refractivity contribution is -0.128. The summed E-state index contributed by atoms with van der Waals surface area (Å²) in [5.41, 5.74) is 1.72. The molecule has 0 bridgehead atoms. The van der Waals surface area contributed by atoms with E-state index in [0.29, 0.717) is 11.1 Å². The van der Waals surface area contributed by atoms with Crippen LogP contribution in [0.5, 0.6) is 0 Å². The highest BCUT2D eigenvalue weighted by Gasteiger charge is 2.43. The van der Waals surface area contributed by atoms with Gasteiger partial charge in [-0.2, -0.15) is 5.26 Å². The maximum atomic E-state index is 13.8. The topological polar surface area (TPSA) is 81.0 Å². The van der Waals surface area contributed by atoms with Crippen LogP contribution in [0.2, 0.25) is 0 Å². The molecule has 4 rings (SSSR count). The number of carbonyl (C=O) groups excluding carboxylic acids is 1. The number of aromatic nitrogens is 1. The Balaban J connectivity index is 1.58. The molecular weight excluding hydrogens is 388 g/mol. The van der Waals surface area contributed by atoms with Gasteiger partial charge in [-0.05, 0) is 56.6 Å². The van der Waals surface area contributed by atoms with Crippen molar-refractivity contribution in [3.63, 3.8) is 0 Å². The zero-order valence-corrected chi connectivity index (χ0v) is 16.7. The highest BCUT2D eigenvalue weighted by atomic mass is 19.3. The molecule has 8 heteroatoms. The summed E-state index contributed by atoms with van der Waals surface area (Å²) >= 11 is 0. The Morgan fingerprint density at radius 2 is 2.13 bits per heavy atom. The van der Waals surface area contributed by atoms with Crippen molar-refractivity contribution in [1.82, 2.24) is 15.6 Å². The predicted molar refractivity (Wildman–Crippen MR) is 110 cm³/mol. The summed E-state index contributed by atoms with van der Waals surface area (Å²) in [6.45, 7) is 2.06. The molecule has 2 aliphatic heterocycles. The number of hydrogen-bond donors (Lipinski definition) is 2. The van der Waals surface area contributed by atoms with Gasteiger partial charge in [-0.15, -0.1) is 0 Å². The molecule has 2 fully saturated rings.